The van der Waals surface area contributed by atoms with Crippen LogP contribution in [-0.4, -0.2) is 50.9 Å². The topological polar surface area (TPSA) is 86.7 Å². The molecule has 1 heterocycles. The Morgan fingerprint density at radius 1 is 0.941 bits per heavy atom. The quantitative estimate of drug-likeness (QED) is 0.590. The first-order chi connectivity index (χ1) is 16.4. The maximum absolute atomic E-state index is 12.2. The summed E-state index contributed by atoms with van der Waals surface area (Å²) in [5, 5.41) is 13.2. The highest BCUT2D eigenvalue weighted by molar-refractivity contribution is 8.13. The maximum atomic E-state index is 12.2. The molecule has 0 unspecified atom stereocenters. The van der Waals surface area contributed by atoms with Crippen molar-refractivity contribution in [2.24, 2.45) is 0 Å². The van der Waals surface area contributed by atoms with Gasteiger partial charge in [-0.2, -0.15) is 0 Å². The molecule has 6 nitrogen and oxygen atoms in total. The van der Waals surface area contributed by atoms with Crippen molar-refractivity contribution in [2.45, 2.75) is 109 Å². The number of carboxylic acids is 1. The van der Waals surface area contributed by atoms with E-state index in [9.17, 15) is 19.5 Å². The van der Waals surface area contributed by atoms with E-state index in [-0.39, 0.29) is 17.4 Å². The summed E-state index contributed by atoms with van der Waals surface area (Å²) in [7, 11) is 0. The molecule has 1 atom stereocenters. The number of rotatable bonds is 6. The number of aliphatic carboxylic acids is 1. The summed E-state index contributed by atoms with van der Waals surface area (Å²) in [5.74, 6) is -0.818. The van der Waals surface area contributed by atoms with Crippen LogP contribution in [0.15, 0.2) is 24.3 Å². The van der Waals surface area contributed by atoms with Gasteiger partial charge in [-0.1, -0.05) is 74.6 Å². The number of nitrogens with zero attached hydrogens (tertiary/aromatic N) is 1. The van der Waals surface area contributed by atoms with Crippen LogP contribution in [0.2, 0.25) is 0 Å². The van der Waals surface area contributed by atoms with Gasteiger partial charge in [-0.25, -0.2) is 4.79 Å². The van der Waals surface area contributed by atoms with Crippen LogP contribution in [-0.2, 0) is 27.3 Å². The number of fused-ring (bicyclic) bond motifs is 1. The Morgan fingerprint density at radius 2 is 1.50 bits per heavy atom. The molecule has 2 saturated carbocycles. The molecule has 2 fully saturated rings. The zero-order valence-corrected chi connectivity index (χ0v) is 21.3. The molecule has 0 saturated heterocycles. The summed E-state index contributed by atoms with van der Waals surface area (Å²) >= 11 is 1.08. The molecule has 0 radical (unpaired) electrons. The van der Waals surface area contributed by atoms with Crippen molar-refractivity contribution >= 4 is 28.8 Å². The Balaban J connectivity index is 0.000000212. The lowest BCUT2D eigenvalue weighted by Crippen LogP contribution is -2.48. The molecule has 2 N–H and O–H groups in total. The molecule has 1 aromatic carbocycles. The van der Waals surface area contributed by atoms with Crippen molar-refractivity contribution in [3.05, 3.63) is 35.4 Å². The van der Waals surface area contributed by atoms with Crippen molar-refractivity contribution in [2.75, 3.05) is 5.75 Å². The maximum Gasteiger partial charge on any atom is 0.326 e. The minimum absolute atomic E-state index is 0.0402. The highest BCUT2D eigenvalue weighted by atomic mass is 32.2. The zero-order chi connectivity index (χ0) is 24.3. The zero-order valence-electron chi connectivity index (χ0n) is 20.5. The van der Waals surface area contributed by atoms with Crippen molar-refractivity contribution in [3.8, 4) is 0 Å². The Kier molecular flexibility index (Phi) is 10.9. The fourth-order valence-electron chi connectivity index (χ4n) is 5.30. The molecular formula is C27H40N2O4S. The number of thioether (sulfide) groups is 1. The van der Waals surface area contributed by atoms with Gasteiger partial charge in [0.2, 0.25) is 5.91 Å². The van der Waals surface area contributed by atoms with Gasteiger partial charge in [-0.05, 0) is 36.8 Å². The van der Waals surface area contributed by atoms with Crippen LogP contribution < -0.4 is 5.32 Å². The number of amides is 1. The standard InChI is InChI=1S/C15H17NO4S.C12H23N/c1-10(17)21-7-6-14(18)16-9-12-5-3-2-4-11(12)8-13(16)15(19)20;1-3-7-11(8-4-1)13-12-9-5-2-6-10-12/h2-5,13H,6-9H2,1H3,(H,19,20);11-13H,1-10H2/t13-;/m0./s1. The number of carboxylic acid groups (broad SMARTS) is 1. The fraction of sp³-hybridized carbons (Fsp3) is 0.667. The van der Waals surface area contributed by atoms with Crippen LogP contribution in [0.3, 0.4) is 0 Å². The molecule has 1 aliphatic heterocycles. The number of carbonyl (C=O) groups is 3. The molecule has 1 aromatic rings. The molecule has 0 aromatic heterocycles. The summed E-state index contributed by atoms with van der Waals surface area (Å²) in [6.45, 7) is 1.77. The van der Waals surface area contributed by atoms with Gasteiger partial charge in [0.15, 0.2) is 5.12 Å². The SMILES string of the molecule is C1CCC(NC2CCCCC2)CC1.CC(=O)SCCC(=O)N1Cc2ccccc2C[C@H]1C(=O)O. The van der Waals surface area contributed by atoms with Crippen LogP contribution >= 0.6 is 11.8 Å². The van der Waals surface area contributed by atoms with Gasteiger partial charge in [0.1, 0.15) is 6.04 Å². The molecule has 2 aliphatic carbocycles. The Morgan fingerprint density at radius 3 is 2.03 bits per heavy atom. The second-order valence-corrected chi connectivity index (χ2v) is 11.0. The summed E-state index contributed by atoms with van der Waals surface area (Å²) in [6.07, 6.45) is 15.1. The first-order valence-electron chi connectivity index (χ1n) is 12.9. The van der Waals surface area contributed by atoms with Gasteiger partial charge < -0.3 is 15.3 Å². The summed E-state index contributed by atoms with van der Waals surface area (Å²) in [6, 6.07) is 8.49. The Labute approximate surface area is 208 Å². The fourth-order valence-corrected chi connectivity index (χ4v) is 5.87. The molecule has 4 rings (SSSR count). The van der Waals surface area contributed by atoms with E-state index in [2.05, 4.69) is 5.32 Å². The predicted octanol–water partition coefficient (Wildman–Crippen LogP) is 4.94. The van der Waals surface area contributed by atoms with Gasteiger partial charge in [0.25, 0.3) is 0 Å². The lowest BCUT2D eigenvalue weighted by atomic mass is 9.91. The van der Waals surface area contributed by atoms with E-state index in [1.54, 1.807) is 0 Å². The average Bonchev–Trinajstić information content (AvgIpc) is 2.84. The highest BCUT2D eigenvalue weighted by Gasteiger charge is 2.34. The predicted molar refractivity (Wildman–Crippen MR) is 137 cm³/mol. The Bertz CT molecular complexity index is 803. The first kappa shape index (κ1) is 26.7. The van der Waals surface area contributed by atoms with E-state index in [4.69, 9.17) is 0 Å². The third kappa shape index (κ3) is 8.42. The molecule has 3 aliphatic rings. The summed E-state index contributed by atoms with van der Waals surface area (Å²) < 4.78 is 0. The summed E-state index contributed by atoms with van der Waals surface area (Å²) in [4.78, 5) is 35.9. The van der Waals surface area contributed by atoms with Gasteiger partial charge in [-0.15, -0.1) is 0 Å². The molecule has 34 heavy (non-hydrogen) atoms. The van der Waals surface area contributed by atoms with Gasteiger partial charge in [0, 0.05) is 44.1 Å². The Hall–Kier alpha value is -1.86. The molecular weight excluding hydrogens is 448 g/mol. The van der Waals surface area contributed by atoms with Crippen LogP contribution in [0.25, 0.3) is 0 Å². The van der Waals surface area contributed by atoms with Crippen molar-refractivity contribution in [3.63, 3.8) is 0 Å². The molecule has 7 heteroatoms. The number of benzene rings is 1. The van der Waals surface area contributed by atoms with Crippen LogP contribution in [0.5, 0.6) is 0 Å². The van der Waals surface area contributed by atoms with Crippen molar-refractivity contribution in [1.29, 1.82) is 0 Å². The summed E-state index contributed by atoms with van der Waals surface area (Å²) in [5.41, 5.74) is 1.97. The van der Waals surface area contributed by atoms with Gasteiger partial charge >= 0.3 is 5.97 Å². The van der Waals surface area contributed by atoms with Crippen molar-refractivity contribution < 1.29 is 19.5 Å². The number of carbonyl (C=O) groups excluding carboxylic acids is 2. The van der Waals surface area contributed by atoms with E-state index >= 15 is 0 Å². The van der Waals surface area contributed by atoms with Gasteiger partial charge in [-0.3, -0.25) is 9.59 Å². The monoisotopic (exact) mass is 488 g/mol. The van der Waals surface area contributed by atoms with E-state index in [0.29, 0.717) is 18.7 Å². The minimum Gasteiger partial charge on any atom is -0.480 e. The minimum atomic E-state index is -0.989. The third-order valence-electron chi connectivity index (χ3n) is 7.16. The molecule has 0 spiro atoms. The van der Waals surface area contributed by atoms with Crippen LogP contribution in [0.1, 0.15) is 88.7 Å². The number of hydrogen-bond acceptors (Lipinski definition) is 5. The highest BCUT2D eigenvalue weighted by Crippen LogP contribution is 2.25. The van der Waals surface area contributed by atoms with E-state index < -0.39 is 12.0 Å². The first-order valence-corrected chi connectivity index (χ1v) is 13.9. The molecule has 188 valence electrons. The second kappa shape index (κ2) is 13.9. The number of nitrogens with one attached hydrogen (secondary N) is 1. The van der Waals surface area contributed by atoms with E-state index in [0.717, 1.165) is 35.0 Å². The number of hydrogen-bond donors (Lipinski definition) is 2. The van der Waals surface area contributed by atoms with E-state index in [1.807, 2.05) is 24.3 Å². The molecule has 0 bridgehead atoms. The lowest BCUT2D eigenvalue weighted by Gasteiger charge is -2.34. The van der Waals surface area contributed by atoms with E-state index in [1.165, 1.54) is 76.0 Å². The van der Waals surface area contributed by atoms with Crippen LogP contribution in [0.4, 0.5) is 0 Å². The molecule has 1 amide bonds. The largest absolute Gasteiger partial charge is 0.480 e. The van der Waals surface area contributed by atoms with Crippen LogP contribution in [0, 0.1) is 0 Å². The normalized spacial score (nSPS) is 21.2. The van der Waals surface area contributed by atoms with Gasteiger partial charge in [0.05, 0.1) is 0 Å². The lowest BCUT2D eigenvalue weighted by molar-refractivity contribution is -0.151. The average molecular weight is 489 g/mol. The van der Waals surface area contributed by atoms with Crippen molar-refractivity contribution in [1.82, 2.24) is 10.2 Å². The smallest absolute Gasteiger partial charge is 0.326 e. The second-order valence-electron chi connectivity index (χ2n) is 9.78. The third-order valence-corrected chi connectivity index (χ3v) is 7.97.